The van der Waals surface area contributed by atoms with Gasteiger partial charge in [-0.05, 0) is 53.8 Å². The van der Waals surface area contributed by atoms with E-state index in [1.807, 2.05) is 6.92 Å². The van der Waals surface area contributed by atoms with Crippen LogP contribution in [0, 0.1) is 17.0 Å². The van der Waals surface area contributed by atoms with E-state index in [0.29, 0.717) is 39.5 Å². The molecule has 37 heavy (non-hydrogen) atoms. The number of anilines is 1. The average Bonchev–Trinajstić information content (AvgIpc) is 2.82. The molecule has 190 valence electrons. The number of nitrogens with zero attached hydrogens (tertiary/aromatic N) is 4. The Balaban J connectivity index is 1.38. The number of hydrogen-bond acceptors (Lipinski definition) is 7. The van der Waals surface area contributed by atoms with Crippen molar-refractivity contribution in [1.82, 2.24) is 15.0 Å². The fourth-order valence-electron chi connectivity index (χ4n) is 6.58. The number of ether oxygens (including phenoxy) is 2. The van der Waals surface area contributed by atoms with Gasteiger partial charge in [0.1, 0.15) is 28.6 Å². The third kappa shape index (κ3) is 2.97. The lowest BCUT2D eigenvalue weighted by Gasteiger charge is -2.70. The van der Waals surface area contributed by atoms with E-state index in [2.05, 4.69) is 19.9 Å². The minimum Gasteiger partial charge on any atom is -0.508 e. The molecule has 3 aliphatic rings. The second-order valence-electron chi connectivity index (χ2n) is 10.4. The molecule has 1 aliphatic carbocycles. The molecule has 4 aromatic rings. The summed E-state index contributed by atoms with van der Waals surface area (Å²) in [4.78, 5) is 15.5. The van der Waals surface area contributed by atoms with Gasteiger partial charge < -0.3 is 19.5 Å². The molecular weight excluding hydrogens is 478 g/mol. The summed E-state index contributed by atoms with van der Waals surface area (Å²) in [6, 6.07) is 5.96. The average molecular weight is 505 g/mol. The Morgan fingerprint density at radius 1 is 1.14 bits per heavy atom. The third-order valence-electron chi connectivity index (χ3n) is 8.73. The van der Waals surface area contributed by atoms with E-state index in [1.165, 1.54) is 19.2 Å². The summed E-state index contributed by atoms with van der Waals surface area (Å²) in [7, 11) is 1.45. The van der Waals surface area contributed by atoms with E-state index in [-0.39, 0.29) is 39.8 Å². The molecule has 1 unspecified atom stereocenters. The first-order valence-corrected chi connectivity index (χ1v) is 12.6. The standard InChI is InChI=1S/C28H26F2N4O3/c1-3-17-20(29)5-4-15-10-16(35)11-18(21(15)17)23-22(30)24-19(12-31-23)25(33-26(32-24)36-2)34-13-27(14-34)6-7-28(27)8-9-37-28/h4-5,10-12,35H,3,6-9,13-14H2,1-2H3. The fourth-order valence-corrected chi connectivity index (χ4v) is 6.58. The normalized spacial score (nSPS) is 21.8. The Kier molecular flexibility index (Phi) is 4.71. The van der Waals surface area contributed by atoms with E-state index in [4.69, 9.17) is 9.47 Å². The summed E-state index contributed by atoms with van der Waals surface area (Å²) in [6.07, 6.45) is 5.25. The number of pyridine rings is 1. The molecule has 4 heterocycles. The highest BCUT2D eigenvalue weighted by Gasteiger charge is 2.68. The number of methoxy groups -OCH3 is 1. The van der Waals surface area contributed by atoms with Crippen LogP contribution in [0.3, 0.4) is 0 Å². The SMILES string of the molecule is CCc1c(F)ccc2cc(O)cc(-c3ncc4c(N5CC6(CCC67CCO7)C5)nc(OC)nc4c3F)c12. The van der Waals surface area contributed by atoms with E-state index in [1.54, 1.807) is 18.3 Å². The highest BCUT2D eigenvalue weighted by molar-refractivity contribution is 6.01. The first kappa shape index (κ1) is 22.6. The maximum atomic E-state index is 16.2. The van der Waals surface area contributed by atoms with Crippen LogP contribution in [0.2, 0.25) is 0 Å². The topological polar surface area (TPSA) is 80.6 Å². The van der Waals surface area contributed by atoms with Crippen molar-refractivity contribution in [3.8, 4) is 23.0 Å². The molecule has 2 aromatic heterocycles. The zero-order valence-corrected chi connectivity index (χ0v) is 20.6. The lowest BCUT2D eigenvalue weighted by atomic mass is 9.50. The van der Waals surface area contributed by atoms with Gasteiger partial charge in [0, 0.05) is 36.7 Å². The van der Waals surface area contributed by atoms with Crippen molar-refractivity contribution in [1.29, 1.82) is 0 Å². The third-order valence-corrected chi connectivity index (χ3v) is 8.73. The predicted molar refractivity (Wildman–Crippen MR) is 135 cm³/mol. The molecule has 9 heteroatoms. The maximum absolute atomic E-state index is 16.2. The summed E-state index contributed by atoms with van der Waals surface area (Å²) >= 11 is 0. The van der Waals surface area contributed by atoms with Crippen molar-refractivity contribution < 1.29 is 23.4 Å². The molecule has 2 spiro atoms. The Morgan fingerprint density at radius 3 is 2.59 bits per heavy atom. The van der Waals surface area contributed by atoms with Crippen molar-refractivity contribution in [2.45, 2.75) is 38.2 Å². The van der Waals surface area contributed by atoms with Gasteiger partial charge >= 0.3 is 6.01 Å². The van der Waals surface area contributed by atoms with Crippen LogP contribution >= 0.6 is 0 Å². The van der Waals surface area contributed by atoms with Crippen LogP contribution in [0.1, 0.15) is 31.7 Å². The molecular formula is C28H26F2N4O3. The highest BCUT2D eigenvalue weighted by atomic mass is 19.1. The molecule has 1 saturated carbocycles. The van der Waals surface area contributed by atoms with Crippen LogP contribution in [0.5, 0.6) is 11.8 Å². The van der Waals surface area contributed by atoms with Crippen LogP contribution in [-0.2, 0) is 11.2 Å². The van der Waals surface area contributed by atoms with Crippen molar-refractivity contribution in [2.24, 2.45) is 5.41 Å². The Hall–Kier alpha value is -3.59. The molecule has 2 saturated heterocycles. The molecule has 0 bridgehead atoms. The van der Waals surface area contributed by atoms with Crippen molar-refractivity contribution >= 4 is 27.5 Å². The van der Waals surface area contributed by atoms with Crippen LogP contribution in [-0.4, -0.2) is 52.5 Å². The fraction of sp³-hybridized carbons (Fsp3) is 0.393. The molecule has 7 nitrogen and oxygen atoms in total. The zero-order valence-electron chi connectivity index (χ0n) is 20.6. The van der Waals surface area contributed by atoms with Gasteiger partial charge in [-0.1, -0.05) is 13.0 Å². The Labute approximate surface area is 212 Å². The van der Waals surface area contributed by atoms with Gasteiger partial charge in [0.2, 0.25) is 0 Å². The minimum atomic E-state index is -0.671. The number of fused-ring (bicyclic) bond motifs is 3. The van der Waals surface area contributed by atoms with Gasteiger partial charge in [-0.2, -0.15) is 9.97 Å². The maximum Gasteiger partial charge on any atom is 0.318 e. The van der Waals surface area contributed by atoms with Crippen LogP contribution < -0.4 is 9.64 Å². The van der Waals surface area contributed by atoms with Gasteiger partial charge in [0.15, 0.2) is 5.82 Å². The van der Waals surface area contributed by atoms with Crippen LogP contribution in [0.25, 0.3) is 32.9 Å². The molecule has 1 atom stereocenters. The molecule has 1 N–H and O–H groups in total. The van der Waals surface area contributed by atoms with Gasteiger partial charge in [-0.3, -0.25) is 4.98 Å². The van der Waals surface area contributed by atoms with Crippen molar-refractivity contribution in [3.05, 3.63) is 47.7 Å². The number of rotatable bonds is 4. The van der Waals surface area contributed by atoms with E-state index in [0.717, 1.165) is 39.0 Å². The predicted octanol–water partition coefficient (Wildman–Crippen LogP) is 5.16. The molecule has 2 aromatic carbocycles. The number of phenolic OH excluding ortho intramolecular Hbond substituents is 1. The first-order valence-electron chi connectivity index (χ1n) is 12.6. The number of aromatic nitrogens is 3. The van der Waals surface area contributed by atoms with Crippen LogP contribution in [0.15, 0.2) is 30.5 Å². The highest BCUT2D eigenvalue weighted by Crippen LogP contribution is 2.63. The number of phenols is 1. The molecule has 7 rings (SSSR count). The Bertz CT molecular complexity index is 1590. The minimum absolute atomic E-state index is 0.00425. The lowest BCUT2D eigenvalue weighted by Crippen LogP contribution is -2.77. The van der Waals surface area contributed by atoms with Crippen molar-refractivity contribution in [3.63, 3.8) is 0 Å². The van der Waals surface area contributed by atoms with Crippen LogP contribution in [0.4, 0.5) is 14.6 Å². The van der Waals surface area contributed by atoms with E-state index < -0.39 is 5.82 Å². The summed E-state index contributed by atoms with van der Waals surface area (Å²) in [5, 5.41) is 12.0. The largest absolute Gasteiger partial charge is 0.508 e. The number of benzene rings is 2. The lowest BCUT2D eigenvalue weighted by molar-refractivity contribution is -0.284. The second-order valence-corrected chi connectivity index (χ2v) is 10.4. The molecule has 2 aliphatic heterocycles. The van der Waals surface area contributed by atoms with Gasteiger partial charge in [0.25, 0.3) is 0 Å². The number of halogens is 2. The van der Waals surface area contributed by atoms with E-state index >= 15 is 4.39 Å². The summed E-state index contributed by atoms with van der Waals surface area (Å²) in [6.45, 7) is 4.21. The smallest absolute Gasteiger partial charge is 0.318 e. The molecule has 3 fully saturated rings. The summed E-state index contributed by atoms with van der Waals surface area (Å²) in [5.74, 6) is -0.537. The summed E-state index contributed by atoms with van der Waals surface area (Å²) in [5.41, 5.74) is 0.932. The van der Waals surface area contributed by atoms with Gasteiger partial charge in [-0.15, -0.1) is 0 Å². The number of hydrogen-bond donors (Lipinski definition) is 1. The monoisotopic (exact) mass is 504 g/mol. The second kappa shape index (κ2) is 7.71. The summed E-state index contributed by atoms with van der Waals surface area (Å²) < 4.78 is 42.3. The Morgan fingerprint density at radius 2 is 1.95 bits per heavy atom. The van der Waals surface area contributed by atoms with Gasteiger partial charge in [0.05, 0.1) is 24.7 Å². The molecule has 0 radical (unpaired) electrons. The van der Waals surface area contributed by atoms with E-state index in [9.17, 15) is 9.50 Å². The van der Waals surface area contributed by atoms with Crippen molar-refractivity contribution in [2.75, 3.05) is 31.7 Å². The van der Waals surface area contributed by atoms with Gasteiger partial charge in [-0.25, -0.2) is 8.78 Å². The molecule has 0 amide bonds. The number of aryl methyl sites for hydroxylation is 1. The first-order chi connectivity index (χ1) is 17.9. The quantitative estimate of drug-likeness (QED) is 0.411. The zero-order chi connectivity index (χ0) is 25.5. The number of aromatic hydroxyl groups is 1.